The van der Waals surface area contributed by atoms with Crippen LogP contribution in [0.25, 0.3) is 0 Å². The van der Waals surface area contributed by atoms with Crippen LogP contribution in [0.1, 0.15) is 46.8 Å². The number of nitrogens with zero attached hydrogens (tertiary/aromatic N) is 2. The van der Waals surface area contributed by atoms with E-state index >= 15 is 0 Å². The second kappa shape index (κ2) is 12.9. The van der Waals surface area contributed by atoms with Crippen LogP contribution in [-0.4, -0.2) is 52.5 Å². The van der Waals surface area contributed by atoms with E-state index in [2.05, 4.69) is 17.7 Å². The molecule has 7 heteroatoms. The summed E-state index contributed by atoms with van der Waals surface area (Å²) in [5.41, 5.74) is 3.94. The van der Waals surface area contributed by atoms with Crippen molar-refractivity contribution in [3.8, 4) is 18.1 Å². The first kappa shape index (κ1) is 28.3. The lowest BCUT2D eigenvalue weighted by Gasteiger charge is -2.37. The highest BCUT2D eigenvalue weighted by Crippen LogP contribution is 2.29. The molecule has 1 aliphatic heterocycles. The van der Waals surface area contributed by atoms with E-state index in [0.29, 0.717) is 37.3 Å². The zero-order valence-electron chi connectivity index (χ0n) is 22.7. The molecule has 1 saturated heterocycles. The molecule has 39 heavy (non-hydrogen) atoms. The van der Waals surface area contributed by atoms with Crippen molar-refractivity contribution in [2.24, 2.45) is 0 Å². The van der Waals surface area contributed by atoms with Crippen LogP contribution < -0.4 is 9.64 Å². The smallest absolute Gasteiger partial charge is 0.254 e. The van der Waals surface area contributed by atoms with Gasteiger partial charge < -0.3 is 14.5 Å². The van der Waals surface area contributed by atoms with Crippen LogP contribution in [0.2, 0.25) is 0 Å². The first-order valence-corrected chi connectivity index (χ1v) is 15.1. The number of carbonyl (C=O) groups excluding carboxylic acids is 1. The Morgan fingerprint density at radius 3 is 2.33 bits per heavy atom. The first-order chi connectivity index (χ1) is 18.9. The summed E-state index contributed by atoms with van der Waals surface area (Å²) in [4.78, 5) is 17.7. The highest BCUT2D eigenvalue weighted by atomic mass is 32.2. The molecule has 0 saturated carbocycles. The number of anilines is 1. The molecule has 0 aromatic heterocycles. The number of para-hydroxylation sites is 2. The average Bonchev–Trinajstić information content (AvgIpc) is 2.96. The molecule has 0 aliphatic carbocycles. The van der Waals surface area contributed by atoms with Gasteiger partial charge in [0, 0.05) is 38.2 Å². The predicted molar refractivity (Wildman–Crippen MR) is 156 cm³/mol. The molecule has 1 heterocycles. The van der Waals surface area contributed by atoms with Gasteiger partial charge in [-0.3, -0.25) is 4.79 Å². The van der Waals surface area contributed by atoms with Crippen molar-refractivity contribution < 1.29 is 17.9 Å². The summed E-state index contributed by atoms with van der Waals surface area (Å²) in [6, 6.07) is 20.3. The molecule has 0 spiro atoms. The Labute approximate surface area is 232 Å². The maximum Gasteiger partial charge on any atom is 0.254 e. The minimum Gasteiger partial charge on any atom is -0.495 e. The fourth-order valence-corrected chi connectivity index (χ4v) is 6.28. The number of aryl methyl sites for hydroxylation is 1. The largest absolute Gasteiger partial charge is 0.495 e. The minimum absolute atomic E-state index is 0.124. The van der Waals surface area contributed by atoms with Gasteiger partial charge in [0.2, 0.25) is 0 Å². The first-order valence-electron chi connectivity index (χ1n) is 13.4. The number of carbonyl (C=O) groups is 1. The molecule has 3 aromatic rings. The standard InChI is InChI=1S/C32H36N2O4S/c1-4-6-10-25-13-15-26(16-14-25)24-39(36,37)28-18-17-27(9-5-2)29(23-28)32(35)34-21-19-33(20-22-34)30-11-7-8-12-31(30)38-3/h2,7-8,11-18,23H,4,6,9-10,19-22,24H2,1,3H3. The van der Waals surface area contributed by atoms with E-state index in [1.165, 1.54) is 11.6 Å². The summed E-state index contributed by atoms with van der Waals surface area (Å²) in [5, 5.41) is 0. The topological polar surface area (TPSA) is 66.9 Å². The molecule has 0 bridgehead atoms. The van der Waals surface area contributed by atoms with Crippen molar-refractivity contribution in [1.29, 1.82) is 0 Å². The lowest BCUT2D eigenvalue weighted by atomic mass is 10.0. The van der Waals surface area contributed by atoms with Crippen LogP contribution >= 0.6 is 0 Å². The van der Waals surface area contributed by atoms with Gasteiger partial charge in [-0.05, 0) is 53.8 Å². The van der Waals surface area contributed by atoms with E-state index in [4.69, 9.17) is 11.2 Å². The predicted octanol–water partition coefficient (Wildman–Crippen LogP) is 5.15. The zero-order valence-corrected chi connectivity index (χ0v) is 23.5. The molecular weight excluding hydrogens is 508 g/mol. The molecule has 0 unspecified atom stereocenters. The lowest BCUT2D eigenvalue weighted by Crippen LogP contribution is -2.49. The van der Waals surface area contributed by atoms with Crippen LogP contribution in [0.4, 0.5) is 5.69 Å². The van der Waals surface area contributed by atoms with Crippen molar-refractivity contribution in [2.45, 2.75) is 43.3 Å². The molecule has 0 N–H and O–H groups in total. The summed E-state index contributed by atoms with van der Waals surface area (Å²) >= 11 is 0. The summed E-state index contributed by atoms with van der Waals surface area (Å²) in [5.74, 6) is 3.07. The molecule has 204 valence electrons. The second-order valence-corrected chi connectivity index (χ2v) is 11.8. The highest BCUT2D eigenvalue weighted by Gasteiger charge is 2.27. The van der Waals surface area contributed by atoms with Crippen molar-refractivity contribution >= 4 is 21.4 Å². The molecule has 4 rings (SSSR count). The third-order valence-corrected chi connectivity index (χ3v) is 8.84. The van der Waals surface area contributed by atoms with Gasteiger partial charge in [-0.15, -0.1) is 12.3 Å². The Morgan fingerprint density at radius 1 is 0.974 bits per heavy atom. The quantitative estimate of drug-likeness (QED) is 0.330. The molecular formula is C32H36N2O4S. The molecule has 0 atom stereocenters. The molecule has 1 aliphatic rings. The van der Waals surface area contributed by atoms with E-state index in [0.717, 1.165) is 36.3 Å². The Kier molecular flexibility index (Phi) is 9.32. The number of unbranched alkanes of at least 4 members (excludes halogenated alkanes) is 1. The zero-order chi connectivity index (χ0) is 27.8. The number of piperazine rings is 1. The van der Waals surface area contributed by atoms with Gasteiger partial charge in [0.1, 0.15) is 5.75 Å². The number of amides is 1. The van der Waals surface area contributed by atoms with E-state index in [1.54, 1.807) is 24.1 Å². The molecule has 3 aromatic carbocycles. The average molecular weight is 545 g/mol. The maximum absolute atomic E-state index is 13.6. The van der Waals surface area contributed by atoms with E-state index in [1.807, 2.05) is 48.5 Å². The van der Waals surface area contributed by atoms with Gasteiger partial charge in [-0.2, -0.15) is 0 Å². The van der Waals surface area contributed by atoms with Gasteiger partial charge in [0.05, 0.1) is 23.4 Å². The second-order valence-electron chi connectivity index (χ2n) is 9.83. The maximum atomic E-state index is 13.6. The van der Waals surface area contributed by atoms with Crippen LogP contribution in [-0.2, 0) is 28.4 Å². The van der Waals surface area contributed by atoms with Crippen LogP contribution in [0, 0.1) is 12.3 Å². The van der Waals surface area contributed by atoms with Gasteiger partial charge in [0.25, 0.3) is 5.91 Å². The number of hydrogen-bond donors (Lipinski definition) is 0. The van der Waals surface area contributed by atoms with E-state index in [-0.39, 0.29) is 23.0 Å². The highest BCUT2D eigenvalue weighted by molar-refractivity contribution is 7.90. The van der Waals surface area contributed by atoms with Crippen molar-refractivity contribution in [1.82, 2.24) is 4.90 Å². The van der Waals surface area contributed by atoms with Gasteiger partial charge in [-0.1, -0.05) is 55.8 Å². The third kappa shape index (κ3) is 6.82. The van der Waals surface area contributed by atoms with Crippen LogP contribution in [0.5, 0.6) is 5.75 Å². The fourth-order valence-electron chi connectivity index (χ4n) is 4.91. The van der Waals surface area contributed by atoms with Gasteiger partial charge in [0.15, 0.2) is 9.84 Å². The van der Waals surface area contributed by atoms with Crippen molar-refractivity contribution in [3.05, 3.63) is 89.0 Å². The number of benzene rings is 3. The van der Waals surface area contributed by atoms with Crippen molar-refractivity contribution in [3.63, 3.8) is 0 Å². The Morgan fingerprint density at radius 2 is 1.67 bits per heavy atom. The van der Waals surface area contributed by atoms with Crippen LogP contribution in [0.15, 0.2) is 71.6 Å². The summed E-state index contributed by atoms with van der Waals surface area (Å²) in [7, 11) is -2.01. The molecule has 6 nitrogen and oxygen atoms in total. The molecule has 0 radical (unpaired) electrons. The monoisotopic (exact) mass is 544 g/mol. The Bertz CT molecular complexity index is 1430. The number of hydrogen-bond acceptors (Lipinski definition) is 5. The van der Waals surface area contributed by atoms with Gasteiger partial charge >= 0.3 is 0 Å². The number of ether oxygens (including phenoxy) is 1. The summed E-state index contributed by atoms with van der Waals surface area (Å²) in [6.07, 6.45) is 9.03. The minimum atomic E-state index is -3.66. The fraction of sp³-hybridized carbons (Fsp3) is 0.344. The van der Waals surface area contributed by atoms with E-state index < -0.39 is 9.84 Å². The number of methoxy groups -OCH3 is 1. The number of rotatable bonds is 10. The van der Waals surface area contributed by atoms with Gasteiger partial charge in [-0.25, -0.2) is 8.42 Å². The molecule has 1 amide bonds. The van der Waals surface area contributed by atoms with Crippen molar-refractivity contribution in [2.75, 3.05) is 38.2 Å². The van der Waals surface area contributed by atoms with Crippen LogP contribution in [0.3, 0.4) is 0 Å². The normalized spacial score (nSPS) is 13.7. The number of terminal acetylenes is 1. The SMILES string of the molecule is C#CCc1ccc(S(=O)(=O)Cc2ccc(CCCC)cc2)cc1C(=O)N1CCN(c2ccccc2OC)CC1. The summed E-state index contributed by atoms with van der Waals surface area (Å²) < 4.78 is 32.2. The molecule has 1 fully saturated rings. The Hall–Kier alpha value is -3.76. The third-order valence-electron chi connectivity index (χ3n) is 7.15. The number of sulfone groups is 1. The Balaban J connectivity index is 1.51. The van der Waals surface area contributed by atoms with E-state index in [9.17, 15) is 13.2 Å². The summed E-state index contributed by atoms with van der Waals surface area (Å²) in [6.45, 7) is 4.45. The lowest BCUT2D eigenvalue weighted by molar-refractivity contribution is 0.0745.